The van der Waals surface area contributed by atoms with Gasteiger partial charge in [0, 0.05) is 48.5 Å². The number of rotatable bonds is 2. The quantitative estimate of drug-likeness (QED) is 0.772. The van der Waals surface area contributed by atoms with Crippen molar-refractivity contribution < 1.29 is 4.79 Å². The molecule has 3 saturated heterocycles. The standard InChI is InChI=1S/C25H31N5O/c1-25(2)11-17(12-25)24(31)30-14-16-4-3-9-26-23(16)28-21-8-7-19(10-22(21)30)29-15-18-5-6-20(29)13-27-18/h3-4,7-10,17-18,20,27H,5-6,11-15H2,1-2H3,(H,26,28). The monoisotopic (exact) mass is 417 g/mol. The third-order valence-corrected chi connectivity index (χ3v) is 7.64. The third-order valence-electron chi connectivity index (χ3n) is 7.64. The zero-order chi connectivity index (χ0) is 21.2. The van der Waals surface area contributed by atoms with E-state index in [2.05, 4.69) is 58.6 Å². The molecular weight excluding hydrogens is 386 g/mol. The highest BCUT2D eigenvalue weighted by molar-refractivity contribution is 6.00. The van der Waals surface area contributed by atoms with Crippen LogP contribution in [0.5, 0.6) is 0 Å². The van der Waals surface area contributed by atoms with Crippen LogP contribution in [0.3, 0.4) is 0 Å². The Kier molecular flexibility index (Phi) is 4.29. The van der Waals surface area contributed by atoms with Crippen molar-refractivity contribution >= 4 is 28.8 Å². The second-order valence-electron chi connectivity index (χ2n) is 10.5. The number of hydrogen-bond acceptors (Lipinski definition) is 5. The molecule has 2 N–H and O–H groups in total. The van der Waals surface area contributed by atoms with Crippen molar-refractivity contribution in [1.29, 1.82) is 0 Å². The molecule has 5 heterocycles. The predicted octanol–water partition coefficient (Wildman–Crippen LogP) is 4.05. The zero-order valence-electron chi connectivity index (χ0n) is 18.4. The topological polar surface area (TPSA) is 60.5 Å². The van der Waals surface area contributed by atoms with Crippen LogP contribution < -0.4 is 20.4 Å². The van der Waals surface area contributed by atoms with Gasteiger partial charge in [-0.1, -0.05) is 19.9 Å². The Morgan fingerprint density at radius 1 is 1.19 bits per heavy atom. The molecule has 1 aromatic heterocycles. The van der Waals surface area contributed by atoms with Gasteiger partial charge in [0.2, 0.25) is 5.91 Å². The Morgan fingerprint density at radius 2 is 2.06 bits per heavy atom. The lowest BCUT2D eigenvalue weighted by atomic mass is 9.64. The molecular formula is C25H31N5O. The molecule has 2 unspecified atom stereocenters. The maximum atomic E-state index is 13.7. The number of carbonyl (C=O) groups is 1. The van der Waals surface area contributed by atoms with Gasteiger partial charge >= 0.3 is 0 Å². The van der Waals surface area contributed by atoms with E-state index >= 15 is 0 Å². The highest BCUT2D eigenvalue weighted by Gasteiger charge is 2.43. The first-order valence-corrected chi connectivity index (χ1v) is 11.6. The number of fused-ring (bicyclic) bond motifs is 5. The summed E-state index contributed by atoms with van der Waals surface area (Å²) in [7, 11) is 0. The lowest BCUT2D eigenvalue weighted by Gasteiger charge is -2.47. The van der Waals surface area contributed by atoms with Crippen molar-refractivity contribution in [1.82, 2.24) is 10.3 Å². The van der Waals surface area contributed by atoms with Gasteiger partial charge in [-0.3, -0.25) is 4.79 Å². The van der Waals surface area contributed by atoms with Crippen molar-refractivity contribution in [3.63, 3.8) is 0 Å². The summed E-state index contributed by atoms with van der Waals surface area (Å²) in [5.74, 6) is 1.21. The number of hydrogen-bond donors (Lipinski definition) is 2. The zero-order valence-corrected chi connectivity index (χ0v) is 18.4. The van der Waals surface area contributed by atoms with Gasteiger partial charge in [0.05, 0.1) is 17.9 Å². The molecule has 2 bridgehead atoms. The SMILES string of the molecule is CC1(C)CC(C(=O)N2Cc3cccnc3Nc3ccc(N4CC5CCC4CN5)cc32)C1. The Labute approximate surface area is 184 Å². The van der Waals surface area contributed by atoms with Gasteiger partial charge < -0.3 is 20.4 Å². The van der Waals surface area contributed by atoms with E-state index in [1.165, 1.54) is 18.5 Å². The maximum Gasteiger partial charge on any atom is 0.230 e. The molecule has 7 rings (SSSR count). The normalized spacial score (nSPS) is 26.4. The van der Waals surface area contributed by atoms with Gasteiger partial charge in [-0.2, -0.15) is 0 Å². The molecule has 6 heteroatoms. The van der Waals surface area contributed by atoms with Crippen LogP contribution in [-0.2, 0) is 11.3 Å². The van der Waals surface area contributed by atoms with Crippen molar-refractivity contribution in [2.24, 2.45) is 11.3 Å². The van der Waals surface area contributed by atoms with Crippen LogP contribution in [0.25, 0.3) is 0 Å². The van der Waals surface area contributed by atoms with Gasteiger partial charge in [0.1, 0.15) is 5.82 Å². The predicted molar refractivity (Wildman–Crippen MR) is 124 cm³/mol. The van der Waals surface area contributed by atoms with Crippen molar-refractivity contribution in [3.8, 4) is 0 Å². The summed E-state index contributed by atoms with van der Waals surface area (Å²) >= 11 is 0. The number of piperazine rings is 1. The molecule has 0 spiro atoms. The molecule has 1 aliphatic carbocycles. The first kappa shape index (κ1) is 19.1. The Morgan fingerprint density at radius 3 is 2.77 bits per heavy atom. The van der Waals surface area contributed by atoms with Crippen LogP contribution in [0.2, 0.25) is 0 Å². The summed E-state index contributed by atoms with van der Waals surface area (Å²) in [5.41, 5.74) is 4.51. The molecule has 2 aromatic rings. The van der Waals surface area contributed by atoms with E-state index < -0.39 is 0 Å². The van der Waals surface area contributed by atoms with E-state index in [-0.39, 0.29) is 17.2 Å². The minimum atomic E-state index is 0.111. The molecule has 1 amide bonds. The molecule has 1 saturated carbocycles. The molecule has 2 atom stereocenters. The van der Waals surface area contributed by atoms with Gasteiger partial charge in [-0.15, -0.1) is 0 Å². The van der Waals surface area contributed by atoms with E-state index in [1.807, 2.05) is 17.2 Å². The number of aromatic nitrogens is 1. The summed E-state index contributed by atoms with van der Waals surface area (Å²) in [5, 5.41) is 7.15. The van der Waals surface area contributed by atoms with Gasteiger partial charge in [-0.25, -0.2) is 4.98 Å². The summed E-state index contributed by atoms with van der Waals surface area (Å²) < 4.78 is 0. The van der Waals surface area contributed by atoms with Crippen LogP contribution in [0.15, 0.2) is 36.5 Å². The number of piperidine rings is 2. The molecule has 162 valence electrons. The summed E-state index contributed by atoms with van der Waals surface area (Å²) in [6, 6.07) is 11.7. The van der Waals surface area contributed by atoms with Crippen LogP contribution in [0.1, 0.15) is 45.1 Å². The van der Waals surface area contributed by atoms with E-state index in [0.29, 0.717) is 18.6 Å². The number of anilines is 4. The number of pyridine rings is 1. The minimum Gasteiger partial charge on any atom is -0.366 e. The summed E-state index contributed by atoms with van der Waals surface area (Å²) in [6.45, 7) is 7.17. The lowest BCUT2D eigenvalue weighted by Crippen LogP contribution is -2.61. The number of nitrogens with one attached hydrogen (secondary N) is 2. The van der Waals surface area contributed by atoms with Gasteiger partial charge in [-0.05, 0) is 55.4 Å². The molecule has 1 aromatic carbocycles. The number of benzene rings is 1. The van der Waals surface area contributed by atoms with Crippen LogP contribution in [0, 0.1) is 11.3 Å². The second kappa shape index (κ2) is 6.95. The van der Waals surface area contributed by atoms with Crippen molar-refractivity contribution in [3.05, 3.63) is 42.1 Å². The fourth-order valence-electron chi connectivity index (χ4n) is 5.98. The molecule has 4 aliphatic heterocycles. The average Bonchev–Trinajstić information content (AvgIpc) is 2.94. The van der Waals surface area contributed by atoms with E-state index in [0.717, 1.165) is 48.7 Å². The highest BCUT2D eigenvalue weighted by Crippen LogP contribution is 2.47. The van der Waals surface area contributed by atoms with Crippen LogP contribution in [0.4, 0.5) is 22.9 Å². The smallest absolute Gasteiger partial charge is 0.230 e. The Balaban J connectivity index is 1.39. The first-order valence-electron chi connectivity index (χ1n) is 11.6. The van der Waals surface area contributed by atoms with Crippen molar-refractivity contribution in [2.45, 2.75) is 58.2 Å². The van der Waals surface area contributed by atoms with E-state index in [9.17, 15) is 4.79 Å². The maximum absolute atomic E-state index is 13.7. The fraction of sp³-hybridized carbons (Fsp3) is 0.520. The number of nitrogens with zero attached hydrogens (tertiary/aromatic N) is 3. The average molecular weight is 418 g/mol. The highest BCUT2D eigenvalue weighted by atomic mass is 16.2. The summed E-state index contributed by atoms with van der Waals surface area (Å²) in [6.07, 6.45) is 6.24. The van der Waals surface area contributed by atoms with Gasteiger partial charge in [0.25, 0.3) is 0 Å². The molecule has 5 aliphatic rings. The molecule has 6 nitrogen and oxygen atoms in total. The Bertz CT molecular complexity index is 1020. The van der Waals surface area contributed by atoms with Crippen molar-refractivity contribution in [2.75, 3.05) is 28.2 Å². The Hall–Kier alpha value is -2.60. The first-order chi connectivity index (χ1) is 15.0. The van der Waals surface area contributed by atoms with E-state index in [1.54, 1.807) is 0 Å². The number of amides is 1. The van der Waals surface area contributed by atoms with Crippen LogP contribution in [-0.4, -0.2) is 36.1 Å². The largest absolute Gasteiger partial charge is 0.366 e. The molecule has 31 heavy (non-hydrogen) atoms. The van der Waals surface area contributed by atoms with E-state index in [4.69, 9.17) is 0 Å². The third kappa shape index (κ3) is 3.28. The van der Waals surface area contributed by atoms with Crippen LogP contribution >= 0.6 is 0 Å². The second-order valence-corrected chi connectivity index (χ2v) is 10.5. The summed E-state index contributed by atoms with van der Waals surface area (Å²) in [4.78, 5) is 22.8. The fourth-order valence-corrected chi connectivity index (χ4v) is 5.98. The van der Waals surface area contributed by atoms with Gasteiger partial charge in [0.15, 0.2) is 0 Å². The lowest BCUT2D eigenvalue weighted by molar-refractivity contribution is -0.128. The molecule has 0 radical (unpaired) electrons. The molecule has 4 fully saturated rings. The number of carbonyl (C=O) groups excluding carboxylic acids is 1. The minimum absolute atomic E-state index is 0.111.